The molecule has 2 aromatic rings. The van der Waals surface area contributed by atoms with Crippen molar-refractivity contribution in [3.8, 4) is 5.75 Å². The smallest absolute Gasteiger partial charge is 0.134 e. The van der Waals surface area contributed by atoms with Gasteiger partial charge in [0.2, 0.25) is 0 Å². The van der Waals surface area contributed by atoms with E-state index in [2.05, 4.69) is 0 Å². The highest BCUT2D eigenvalue weighted by Crippen LogP contribution is 2.38. The van der Waals surface area contributed by atoms with Crippen molar-refractivity contribution in [3.63, 3.8) is 0 Å². The fourth-order valence-electron chi connectivity index (χ4n) is 1.20. The second kappa shape index (κ2) is 3.37. The van der Waals surface area contributed by atoms with Gasteiger partial charge in [-0.3, -0.25) is 0 Å². The van der Waals surface area contributed by atoms with Crippen LogP contribution in [0.4, 0.5) is 0 Å². The van der Waals surface area contributed by atoms with Crippen LogP contribution in [-0.2, 0) is 5.88 Å². The predicted octanol–water partition coefficient (Wildman–Crippen LogP) is 4.00. The minimum Gasteiger partial charge on any atom is -0.506 e. The Bertz CT molecular complexity index is 450. The first kappa shape index (κ1) is 9.13. The standard InChI is InChI=1S/C9H6Cl2OS/c10-3-5-1-2-6-7(12)4-13-9(6)8(5)11/h1-2,4,12H,3H2. The summed E-state index contributed by atoms with van der Waals surface area (Å²) in [5.74, 6) is 0.677. The maximum Gasteiger partial charge on any atom is 0.134 e. The van der Waals surface area contributed by atoms with Crippen LogP contribution < -0.4 is 0 Å². The van der Waals surface area contributed by atoms with Crippen LogP contribution in [-0.4, -0.2) is 5.11 Å². The topological polar surface area (TPSA) is 20.2 Å². The fourth-order valence-corrected chi connectivity index (χ4v) is 2.74. The Balaban J connectivity index is 2.80. The Kier molecular flexibility index (Phi) is 2.37. The highest BCUT2D eigenvalue weighted by Gasteiger charge is 2.09. The number of benzene rings is 1. The third-order valence-corrected chi connectivity index (χ3v) is 3.72. The predicted molar refractivity (Wildman–Crippen MR) is 58.1 cm³/mol. The zero-order valence-electron chi connectivity index (χ0n) is 6.55. The highest BCUT2D eigenvalue weighted by molar-refractivity contribution is 7.18. The molecule has 1 aromatic carbocycles. The van der Waals surface area contributed by atoms with Gasteiger partial charge in [0.25, 0.3) is 0 Å². The van der Waals surface area contributed by atoms with Gasteiger partial charge in [-0.2, -0.15) is 0 Å². The van der Waals surface area contributed by atoms with Crippen LogP contribution in [0, 0.1) is 0 Å². The van der Waals surface area contributed by atoms with Crippen molar-refractivity contribution in [1.82, 2.24) is 0 Å². The van der Waals surface area contributed by atoms with E-state index in [4.69, 9.17) is 23.2 Å². The summed E-state index contributed by atoms with van der Waals surface area (Å²) in [6.07, 6.45) is 0. The van der Waals surface area contributed by atoms with E-state index in [-0.39, 0.29) is 5.75 Å². The molecule has 1 aromatic heterocycles. The number of halogens is 2. The second-order valence-electron chi connectivity index (χ2n) is 2.67. The lowest BCUT2D eigenvalue weighted by Crippen LogP contribution is -1.78. The lowest BCUT2D eigenvalue weighted by atomic mass is 10.2. The van der Waals surface area contributed by atoms with E-state index in [9.17, 15) is 5.11 Å². The van der Waals surface area contributed by atoms with Crippen molar-refractivity contribution >= 4 is 44.6 Å². The van der Waals surface area contributed by atoms with Gasteiger partial charge in [0.15, 0.2) is 0 Å². The maximum absolute atomic E-state index is 9.42. The van der Waals surface area contributed by atoms with Crippen LogP contribution in [0.1, 0.15) is 5.56 Å². The average Bonchev–Trinajstić information content (AvgIpc) is 2.50. The molecule has 0 aliphatic heterocycles. The summed E-state index contributed by atoms with van der Waals surface area (Å²) < 4.78 is 0.900. The molecule has 0 saturated heterocycles. The van der Waals surface area contributed by atoms with Gasteiger partial charge in [-0.05, 0) is 11.6 Å². The van der Waals surface area contributed by atoms with Gasteiger partial charge in [-0.25, -0.2) is 0 Å². The maximum atomic E-state index is 9.42. The number of fused-ring (bicyclic) bond motifs is 1. The molecule has 0 unspecified atom stereocenters. The van der Waals surface area contributed by atoms with E-state index in [1.54, 1.807) is 5.38 Å². The molecule has 0 aliphatic carbocycles. The summed E-state index contributed by atoms with van der Waals surface area (Å²) in [6, 6.07) is 3.68. The van der Waals surface area contributed by atoms with Crippen LogP contribution in [0.15, 0.2) is 17.5 Å². The number of hydrogen-bond donors (Lipinski definition) is 1. The van der Waals surface area contributed by atoms with E-state index in [0.29, 0.717) is 10.9 Å². The Morgan fingerprint density at radius 2 is 2.15 bits per heavy atom. The lowest BCUT2D eigenvalue weighted by Gasteiger charge is -2.00. The van der Waals surface area contributed by atoms with Crippen LogP contribution in [0.3, 0.4) is 0 Å². The van der Waals surface area contributed by atoms with Gasteiger partial charge in [0.05, 0.1) is 9.72 Å². The molecule has 2 rings (SSSR count). The minimum absolute atomic E-state index is 0.281. The third kappa shape index (κ3) is 1.39. The number of aromatic hydroxyl groups is 1. The van der Waals surface area contributed by atoms with Crippen LogP contribution >= 0.6 is 34.5 Å². The molecule has 0 amide bonds. The molecule has 1 heterocycles. The van der Waals surface area contributed by atoms with E-state index in [0.717, 1.165) is 15.6 Å². The third-order valence-electron chi connectivity index (χ3n) is 1.89. The molecule has 0 saturated carbocycles. The van der Waals surface area contributed by atoms with Crippen molar-refractivity contribution in [2.24, 2.45) is 0 Å². The fraction of sp³-hybridized carbons (Fsp3) is 0.111. The number of thiophene rings is 1. The molecular weight excluding hydrogens is 227 g/mol. The highest BCUT2D eigenvalue weighted by atomic mass is 35.5. The Morgan fingerprint density at radius 3 is 2.85 bits per heavy atom. The Morgan fingerprint density at radius 1 is 1.38 bits per heavy atom. The molecule has 68 valence electrons. The van der Waals surface area contributed by atoms with E-state index in [1.807, 2.05) is 12.1 Å². The molecule has 13 heavy (non-hydrogen) atoms. The monoisotopic (exact) mass is 232 g/mol. The lowest BCUT2D eigenvalue weighted by molar-refractivity contribution is 0.483. The van der Waals surface area contributed by atoms with Gasteiger partial charge >= 0.3 is 0 Å². The van der Waals surface area contributed by atoms with Crippen LogP contribution in [0.2, 0.25) is 5.02 Å². The molecule has 1 nitrogen and oxygen atoms in total. The molecule has 0 atom stereocenters. The first-order chi connectivity index (χ1) is 6.24. The summed E-state index contributed by atoms with van der Waals surface area (Å²) in [5.41, 5.74) is 0.901. The zero-order chi connectivity index (χ0) is 9.42. The van der Waals surface area contributed by atoms with Crippen molar-refractivity contribution in [1.29, 1.82) is 0 Å². The largest absolute Gasteiger partial charge is 0.506 e. The quantitative estimate of drug-likeness (QED) is 0.738. The van der Waals surface area contributed by atoms with E-state index >= 15 is 0 Å². The first-order valence-electron chi connectivity index (χ1n) is 3.67. The molecule has 0 spiro atoms. The molecular formula is C9H6Cl2OS. The van der Waals surface area contributed by atoms with Crippen molar-refractivity contribution < 1.29 is 5.11 Å². The van der Waals surface area contributed by atoms with E-state index < -0.39 is 0 Å². The Hall–Kier alpha value is -0.440. The zero-order valence-corrected chi connectivity index (χ0v) is 8.88. The number of alkyl halides is 1. The SMILES string of the molecule is Oc1csc2c(Cl)c(CCl)ccc12. The Labute approximate surface area is 89.5 Å². The van der Waals surface area contributed by atoms with Crippen LogP contribution in [0.5, 0.6) is 5.75 Å². The summed E-state index contributed by atoms with van der Waals surface area (Å²) in [6.45, 7) is 0. The van der Waals surface area contributed by atoms with Gasteiger partial charge < -0.3 is 5.11 Å². The summed E-state index contributed by atoms with van der Waals surface area (Å²) in [7, 11) is 0. The van der Waals surface area contributed by atoms with Gasteiger partial charge in [0.1, 0.15) is 5.75 Å². The van der Waals surface area contributed by atoms with E-state index in [1.165, 1.54) is 11.3 Å². The van der Waals surface area contributed by atoms with Crippen LogP contribution in [0.25, 0.3) is 10.1 Å². The van der Waals surface area contributed by atoms with Gasteiger partial charge in [0, 0.05) is 16.6 Å². The summed E-state index contributed by atoms with van der Waals surface area (Å²) in [4.78, 5) is 0. The van der Waals surface area contributed by atoms with Crippen molar-refractivity contribution in [2.45, 2.75) is 5.88 Å². The molecule has 0 aliphatic rings. The van der Waals surface area contributed by atoms with Crippen molar-refractivity contribution in [3.05, 3.63) is 28.1 Å². The van der Waals surface area contributed by atoms with Gasteiger partial charge in [-0.1, -0.05) is 17.7 Å². The molecule has 0 bridgehead atoms. The molecule has 1 N–H and O–H groups in total. The second-order valence-corrected chi connectivity index (χ2v) is 4.19. The molecule has 0 fully saturated rings. The number of rotatable bonds is 1. The average molecular weight is 233 g/mol. The minimum atomic E-state index is 0.281. The summed E-state index contributed by atoms with van der Waals surface area (Å²) >= 11 is 13.2. The summed E-state index contributed by atoms with van der Waals surface area (Å²) in [5, 5.41) is 12.5. The molecule has 4 heteroatoms. The number of hydrogen-bond acceptors (Lipinski definition) is 2. The molecule has 0 radical (unpaired) electrons. The van der Waals surface area contributed by atoms with Crippen molar-refractivity contribution in [2.75, 3.05) is 0 Å². The first-order valence-corrected chi connectivity index (χ1v) is 5.46. The van der Waals surface area contributed by atoms with Gasteiger partial charge in [-0.15, -0.1) is 22.9 Å². The normalized spacial score (nSPS) is 10.9.